The van der Waals surface area contributed by atoms with Crippen LogP contribution in [-0.4, -0.2) is 56.8 Å². The molecule has 2 aliphatic rings. The van der Waals surface area contributed by atoms with Gasteiger partial charge >= 0.3 is 0 Å². The van der Waals surface area contributed by atoms with Gasteiger partial charge in [-0.05, 0) is 50.5 Å². The van der Waals surface area contributed by atoms with Crippen LogP contribution < -0.4 is 5.32 Å². The highest BCUT2D eigenvalue weighted by atomic mass is 16.2. The average Bonchev–Trinajstić information content (AvgIpc) is 3.19. The number of Topliss-reactive ketones (excluding diaryl/α,β-unsaturated/α-hetero) is 1. The van der Waals surface area contributed by atoms with Crippen LogP contribution >= 0.6 is 0 Å². The summed E-state index contributed by atoms with van der Waals surface area (Å²) >= 11 is 0. The van der Waals surface area contributed by atoms with Crippen LogP contribution in [0, 0.1) is 6.92 Å². The fourth-order valence-electron chi connectivity index (χ4n) is 4.42. The number of rotatable bonds is 4. The molecule has 1 fully saturated rings. The zero-order valence-corrected chi connectivity index (χ0v) is 25.8. The maximum atomic E-state index is 13.3. The lowest BCUT2D eigenvalue weighted by molar-refractivity contribution is -0.134. The summed E-state index contributed by atoms with van der Waals surface area (Å²) in [5, 5.41) is 7.70. The molecule has 0 aliphatic carbocycles. The molecular formula is C32H49N5O3. The Morgan fingerprint density at radius 3 is 2.25 bits per heavy atom. The Labute approximate surface area is 241 Å². The van der Waals surface area contributed by atoms with Gasteiger partial charge in [-0.25, -0.2) is 0 Å². The van der Waals surface area contributed by atoms with Crippen molar-refractivity contribution in [3.05, 3.63) is 71.1 Å². The highest BCUT2D eigenvalue weighted by Gasteiger charge is 2.25. The second-order valence-corrected chi connectivity index (χ2v) is 9.21. The van der Waals surface area contributed by atoms with E-state index in [-0.39, 0.29) is 17.6 Å². The first-order chi connectivity index (χ1) is 19.3. The number of aryl methyl sites for hydroxylation is 3. The first-order valence-corrected chi connectivity index (χ1v) is 14.5. The number of ketones is 1. The number of likely N-dealkylation sites (tertiary alicyclic amines) is 1. The summed E-state index contributed by atoms with van der Waals surface area (Å²) in [5.41, 5.74) is 4.64. The minimum Gasteiger partial charge on any atom is -0.342 e. The van der Waals surface area contributed by atoms with Gasteiger partial charge in [-0.2, -0.15) is 5.10 Å². The Balaban J connectivity index is 0.00000105. The van der Waals surface area contributed by atoms with E-state index in [0.29, 0.717) is 57.4 Å². The lowest BCUT2D eigenvalue weighted by Gasteiger charge is -2.26. The number of allylic oxidation sites excluding steroid dienone is 2. The van der Waals surface area contributed by atoms with E-state index in [4.69, 9.17) is 0 Å². The van der Waals surface area contributed by atoms with Gasteiger partial charge in [0, 0.05) is 56.2 Å². The van der Waals surface area contributed by atoms with Crippen LogP contribution in [0.1, 0.15) is 87.9 Å². The molecule has 1 saturated heterocycles. The summed E-state index contributed by atoms with van der Waals surface area (Å²) in [6.45, 7) is 19.2. The Hall–Kier alpha value is -3.68. The zero-order valence-electron chi connectivity index (χ0n) is 25.8. The van der Waals surface area contributed by atoms with Gasteiger partial charge in [-0.1, -0.05) is 45.9 Å². The SMILES string of the molecule is C/C=C1\CN(C(=O)c2ccc(CCC(=O)N3CCC(=O)CC3)c(C)c2)Cc2cnn(C)c2N1.C=CC.CC.CC. The van der Waals surface area contributed by atoms with Crippen LogP contribution in [0.4, 0.5) is 5.82 Å². The van der Waals surface area contributed by atoms with E-state index < -0.39 is 0 Å². The van der Waals surface area contributed by atoms with Crippen molar-refractivity contribution in [2.24, 2.45) is 7.05 Å². The lowest BCUT2D eigenvalue weighted by Crippen LogP contribution is -2.38. The predicted octanol–water partition coefficient (Wildman–Crippen LogP) is 6.07. The van der Waals surface area contributed by atoms with Gasteiger partial charge in [0.05, 0.1) is 19.3 Å². The van der Waals surface area contributed by atoms with E-state index in [1.165, 1.54) is 0 Å². The van der Waals surface area contributed by atoms with E-state index in [2.05, 4.69) is 17.0 Å². The number of carbonyl (C=O) groups excluding carboxylic acids is 3. The minimum atomic E-state index is -0.0310. The predicted molar refractivity (Wildman–Crippen MR) is 164 cm³/mol. The molecule has 1 aromatic carbocycles. The topological polar surface area (TPSA) is 87.5 Å². The molecule has 2 aliphatic heterocycles. The van der Waals surface area contributed by atoms with Crippen molar-refractivity contribution in [1.29, 1.82) is 0 Å². The van der Waals surface area contributed by atoms with Crippen molar-refractivity contribution in [2.75, 3.05) is 25.0 Å². The quantitative estimate of drug-likeness (QED) is 0.466. The number of aromatic nitrogens is 2. The number of piperidine rings is 1. The molecule has 8 heteroatoms. The molecular weight excluding hydrogens is 502 g/mol. The van der Waals surface area contributed by atoms with E-state index in [9.17, 15) is 14.4 Å². The summed E-state index contributed by atoms with van der Waals surface area (Å²) in [7, 11) is 1.88. The summed E-state index contributed by atoms with van der Waals surface area (Å²) in [4.78, 5) is 40.9. The number of nitrogens with zero attached hydrogens (tertiary/aromatic N) is 4. The molecule has 8 nitrogen and oxygen atoms in total. The van der Waals surface area contributed by atoms with Gasteiger partial charge in [0.2, 0.25) is 5.91 Å². The summed E-state index contributed by atoms with van der Waals surface area (Å²) in [5.74, 6) is 1.20. The smallest absolute Gasteiger partial charge is 0.254 e. The zero-order chi connectivity index (χ0) is 30.2. The normalized spacial score (nSPS) is 15.1. The highest BCUT2D eigenvalue weighted by molar-refractivity contribution is 5.95. The monoisotopic (exact) mass is 551 g/mol. The number of anilines is 1. The number of hydrogen-bond acceptors (Lipinski definition) is 5. The maximum Gasteiger partial charge on any atom is 0.254 e. The van der Waals surface area contributed by atoms with Crippen LogP contribution in [0.25, 0.3) is 0 Å². The number of carbonyl (C=O) groups is 3. The molecule has 0 radical (unpaired) electrons. The van der Waals surface area contributed by atoms with Crippen LogP contribution in [0.15, 0.2) is 48.8 Å². The molecule has 0 bridgehead atoms. The van der Waals surface area contributed by atoms with E-state index in [1.807, 2.05) is 84.7 Å². The van der Waals surface area contributed by atoms with Crippen LogP contribution in [0.2, 0.25) is 0 Å². The second-order valence-electron chi connectivity index (χ2n) is 9.21. The first-order valence-electron chi connectivity index (χ1n) is 14.5. The molecule has 1 N–H and O–H groups in total. The Morgan fingerprint density at radius 2 is 1.68 bits per heavy atom. The molecule has 0 unspecified atom stereocenters. The summed E-state index contributed by atoms with van der Waals surface area (Å²) in [6.07, 6.45) is 7.48. The van der Waals surface area contributed by atoms with Crippen LogP contribution in [0.3, 0.4) is 0 Å². The Morgan fingerprint density at radius 1 is 1.05 bits per heavy atom. The van der Waals surface area contributed by atoms with Crippen molar-refractivity contribution >= 4 is 23.4 Å². The van der Waals surface area contributed by atoms with E-state index in [1.54, 1.807) is 21.9 Å². The third-order valence-corrected chi connectivity index (χ3v) is 6.52. The summed E-state index contributed by atoms with van der Waals surface area (Å²) < 4.78 is 1.79. The number of hydrogen-bond donors (Lipinski definition) is 1. The van der Waals surface area contributed by atoms with Crippen molar-refractivity contribution in [2.45, 2.75) is 80.7 Å². The number of nitrogens with one attached hydrogen (secondary N) is 1. The Kier molecular flexibility index (Phi) is 15.3. The molecule has 0 spiro atoms. The fourth-order valence-corrected chi connectivity index (χ4v) is 4.42. The van der Waals surface area contributed by atoms with Gasteiger partial charge in [-0.3, -0.25) is 19.1 Å². The van der Waals surface area contributed by atoms with Gasteiger partial charge < -0.3 is 15.1 Å². The number of benzene rings is 1. The highest BCUT2D eigenvalue weighted by Crippen LogP contribution is 2.25. The molecule has 1 aromatic heterocycles. The molecule has 2 aromatic rings. The van der Waals surface area contributed by atoms with Gasteiger partial charge in [0.15, 0.2) is 0 Å². The number of fused-ring (bicyclic) bond motifs is 1. The minimum absolute atomic E-state index is 0.0310. The van der Waals surface area contributed by atoms with Crippen LogP contribution in [-0.2, 0) is 29.6 Å². The van der Waals surface area contributed by atoms with E-state index in [0.717, 1.165) is 28.2 Å². The van der Waals surface area contributed by atoms with Crippen LogP contribution in [0.5, 0.6) is 0 Å². The average molecular weight is 552 g/mol. The molecule has 0 atom stereocenters. The largest absolute Gasteiger partial charge is 0.342 e. The third kappa shape index (κ3) is 9.50. The first kappa shape index (κ1) is 34.3. The second kappa shape index (κ2) is 17.8. The van der Waals surface area contributed by atoms with Crippen molar-refractivity contribution < 1.29 is 14.4 Å². The summed E-state index contributed by atoms with van der Waals surface area (Å²) in [6, 6.07) is 5.73. The van der Waals surface area contributed by atoms with E-state index >= 15 is 0 Å². The molecule has 4 rings (SSSR count). The lowest BCUT2D eigenvalue weighted by atomic mass is 9.99. The van der Waals surface area contributed by atoms with Gasteiger partial charge in [0.1, 0.15) is 11.6 Å². The standard InChI is InChI=1S/C25H31N5O3.C3H6.2C2H6/c1-4-21-16-30(15-20-14-26-28(3)24(20)27-21)25(33)19-6-5-18(17(2)13-19)7-8-23(32)29-11-9-22(31)10-12-29;1-3-2;2*1-2/h4-6,13-14,27H,7-12,15-16H2,1-3H3;3H,1H2,2H3;2*1-2H3/b21-4+;;;. The maximum absolute atomic E-state index is 13.3. The fraction of sp³-hybridized carbons (Fsp3) is 0.500. The van der Waals surface area contributed by atoms with Crippen molar-refractivity contribution in [3.63, 3.8) is 0 Å². The van der Waals surface area contributed by atoms with Crippen molar-refractivity contribution in [3.8, 4) is 0 Å². The molecule has 40 heavy (non-hydrogen) atoms. The molecule has 2 amide bonds. The molecule has 220 valence electrons. The van der Waals surface area contributed by atoms with Crippen molar-refractivity contribution in [1.82, 2.24) is 19.6 Å². The van der Waals surface area contributed by atoms with Gasteiger partial charge in [0.25, 0.3) is 5.91 Å². The third-order valence-electron chi connectivity index (χ3n) is 6.52. The van der Waals surface area contributed by atoms with Gasteiger partial charge in [-0.15, -0.1) is 6.58 Å². The molecule has 3 heterocycles. The Bertz CT molecular complexity index is 1160. The molecule has 0 saturated carbocycles. The number of amides is 2.